The maximum atomic E-state index is 13.8. The maximum absolute atomic E-state index is 13.8. The number of alkyl halides is 3. The van der Waals surface area contributed by atoms with Crippen molar-refractivity contribution in [3.63, 3.8) is 0 Å². The first kappa shape index (κ1) is 35.3. The zero-order chi connectivity index (χ0) is 36.6. The first-order valence-corrected chi connectivity index (χ1v) is 17.3. The van der Waals surface area contributed by atoms with E-state index < -0.39 is 21.9 Å². The van der Waals surface area contributed by atoms with Gasteiger partial charge in [0.25, 0.3) is 10.1 Å². The number of nitrogens with one attached hydrogen (secondary N) is 1. The molecule has 0 aliphatic heterocycles. The Kier molecular flexibility index (Phi) is 9.43. The highest BCUT2D eigenvalue weighted by molar-refractivity contribution is 7.85. The average Bonchev–Trinajstić information content (AvgIpc) is 3.73. The van der Waals surface area contributed by atoms with Gasteiger partial charge in [0.2, 0.25) is 5.95 Å². The first-order chi connectivity index (χ1) is 24.1. The number of rotatable bonds is 11. The molecule has 0 amide bonds. The van der Waals surface area contributed by atoms with E-state index >= 15 is 0 Å². The second-order valence-corrected chi connectivity index (χ2v) is 14.2. The van der Waals surface area contributed by atoms with Crippen molar-refractivity contribution in [2.24, 2.45) is 0 Å². The van der Waals surface area contributed by atoms with Gasteiger partial charge in [-0.3, -0.25) is 4.55 Å². The van der Waals surface area contributed by atoms with Gasteiger partial charge in [0, 0.05) is 35.9 Å². The molecule has 3 heterocycles. The molecule has 262 valence electrons. The van der Waals surface area contributed by atoms with Crippen LogP contribution in [0.15, 0.2) is 96.2 Å². The van der Waals surface area contributed by atoms with Gasteiger partial charge in [-0.2, -0.15) is 36.9 Å². The summed E-state index contributed by atoms with van der Waals surface area (Å²) >= 11 is 0. The third kappa shape index (κ3) is 7.63. The Balaban J connectivity index is 1.32. The van der Waals surface area contributed by atoms with Gasteiger partial charge in [0.05, 0.1) is 55.4 Å². The first-order valence-electron chi connectivity index (χ1n) is 15.9. The van der Waals surface area contributed by atoms with Gasteiger partial charge in [-0.15, -0.1) is 5.10 Å². The molecule has 3 aromatic carbocycles. The summed E-state index contributed by atoms with van der Waals surface area (Å²) in [4.78, 5) is 4.59. The van der Waals surface area contributed by atoms with Crippen molar-refractivity contribution >= 4 is 21.7 Å². The van der Waals surface area contributed by atoms with Crippen molar-refractivity contribution in [2.45, 2.75) is 31.0 Å². The zero-order valence-corrected chi connectivity index (χ0v) is 28.7. The molecule has 0 radical (unpaired) electrons. The van der Waals surface area contributed by atoms with E-state index in [1.165, 1.54) is 12.1 Å². The minimum absolute atomic E-state index is 0.116. The van der Waals surface area contributed by atoms with Crippen LogP contribution in [0.1, 0.15) is 28.7 Å². The number of halogens is 3. The monoisotopic (exact) mass is 715 g/mol. The number of anilines is 1. The van der Waals surface area contributed by atoms with E-state index in [1.54, 1.807) is 76.2 Å². The van der Waals surface area contributed by atoms with E-state index in [1.807, 2.05) is 21.0 Å². The fraction of sp³-hybridized carbons (Fsp3) is 0.222. The zero-order valence-electron chi connectivity index (χ0n) is 27.9. The minimum Gasteiger partial charge on any atom is -0.353 e. The predicted octanol–water partition coefficient (Wildman–Crippen LogP) is 6.77. The molecule has 0 spiro atoms. The Bertz CT molecular complexity index is 2380. The normalized spacial score (nSPS) is 12.3. The van der Waals surface area contributed by atoms with Crippen LogP contribution in [0.25, 0.3) is 33.7 Å². The number of quaternary nitrogens is 1. The van der Waals surface area contributed by atoms with Crippen LogP contribution in [0.5, 0.6) is 0 Å². The second kappa shape index (κ2) is 13.6. The number of fused-ring (bicyclic) bond motifs is 1. The molecule has 0 aliphatic rings. The number of nitrogens with zero attached hydrogens (tertiary/aromatic N) is 7. The molecule has 51 heavy (non-hydrogen) atoms. The number of benzene rings is 3. The Morgan fingerprint density at radius 1 is 1.02 bits per heavy atom. The third-order valence-corrected chi connectivity index (χ3v) is 9.55. The lowest BCUT2D eigenvalue weighted by atomic mass is 9.95. The van der Waals surface area contributed by atoms with E-state index in [9.17, 15) is 31.4 Å². The van der Waals surface area contributed by atoms with Crippen LogP contribution in [0.2, 0.25) is 0 Å². The fourth-order valence-electron chi connectivity index (χ4n) is 6.16. The highest BCUT2D eigenvalue weighted by Gasteiger charge is 2.31. The van der Waals surface area contributed by atoms with E-state index in [2.05, 4.69) is 21.6 Å². The topological polar surface area (TPSA) is 138 Å². The van der Waals surface area contributed by atoms with E-state index in [0.29, 0.717) is 80.9 Å². The molecule has 0 saturated heterocycles. The lowest BCUT2D eigenvalue weighted by Gasteiger charge is -2.30. The summed E-state index contributed by atoms with van der Waals surface area (Å²) < 4.78 is 78.6. The van der Waals surface area contributed by atoms with Crippen LogP contribution in [0, 0.1) is 18.3 Å². The molecule has 6 rings (SSSR count). The van der Waals surface area contributed by atoms with E-state index in [4.69, 9.17) is 4.98 Å². The molecule has 15 heteroatoms. The van der Waals surface area contributed by atoms with Crippen molar-refractivity contribution in [1.82, 2.24) is 24.4 Å². The Labute approximate surface area is 292 Å². The molecular formula is C36H34F3N8O3S+. The summed E-state index contributed by atoms with van der Waals surface area (Å²) in [7, 11) is -0.453. The van der Waals surface area contributed by atoms with Gasteiger partial charge in [-0.25, -0.2) is 9.20 Å². The van der Waals surface area contributed by atoms with Gasteiger partial charge >= 0.3 is 6.18 Å². The van der Waals surface area contributed by atoms with Crippen molar-refractivity contribution < 1.29 is 30.6 Å². The highest BCUT2D eigenvalue weighted by Crippen LogP contribution is 2.38. The van der Waals surface area contributed by atoms with Gasteiger partial charge in [-0.1, -0.05) is 30.3 Å². The largest absolute Gasteiger partial charge is 0.416 e. The van der Waals surface area contributed by atoms with Crippen LogP contribution in [0.3, 0.4) is 0 Å². The standard InChI is InChI=1S/C36H33F3N8O3S/c1-24-30(31-16-18-42-46(31)29-14-12-25(21-40)13-15-29)22-45-34(33(24)26-9-6-10-28(20-26)36(37,38)39)43-35(44-45)41-17-7-19-47(2,3)23-27-8-4-5-11-32(27)51(48,49)50/h4-6,8-16,18,20,22H,7,17,19,23H2,1-3H3,(H-,41,44,48,49,50)/p+1. The van der Waals surface area contributed by atoms with Crippen molar-refractivity contribution in [2.75, 3.05) is 32.5 Å². The van der Waals surface area contributed by atoms with Gasteiger partial charge in [-0.05, 0) is 66.6 Å². The van der Waals surface area contributed by atoms with Gasteiger partial charge in [0.1, 0.15) is 11.4 Å². The molecule has 2 N–H and O–H groups in total. The van der Waals surface area contributed by atoms with Crippen LogP contribution >= 0.6 is 0 Å². The quantitative estimate of drug-likeness (QED) is 0.0852. The summed E-state index contributed by atoms with van der Waals surface area (Å²) in [5.41, 5.74) is 4.05. The number of pyridine rings is 1. The Morgan fingerprint density at radius 2 is 1.76 bits per heavy atom. The third-order valence-electron chi connectivity index (χ3n) is 8.60. The lowest BCUT2D eigenvalue weighted by molar-refractivity contribution is -0.903. The summed E-state index contributed by atoms with van der Waals surface area (Å²) in [6.07, 6.45) is -0.515. The van der Waals surface area contributed by atoms with Crippen LogP contribution in [0.4, 0.5) is 19.1 Å². The number of hydrogen-bond donors (Lipinski definition) is 2. The lowest BCUT2D eigenvalue weighted by Crippen LogP contribution is -2.40. The molecule has 6 aromatic rings. The van der Waals surface area contributed by atoms with Crippen LogP contribution in [-0.4, -0.2) is 69.0 Å². The molecule has 0 saturated carbocycles. The van der Waals surface area contributed by atoms with Crippen molar-refractivity contribution in [1.29, 1.82) is 5.26 Å². The average molecular weight is 716 g/mol. The maximum Gasteiger partial charge on any atom is 0.416 e. The SMILES string of the molecule is Cc1c(-c2ccnn2-c2ccc(C#N)cc2)cn2nc(NCCC[N+](C)(C)Cc3ccccc3S(=O)(=O)O)nc2c1-c1cccc(C(F)(F)F)c1. The summed E-state index contributed by atoms with van der Waals surface area (Å²) in [6.45, 7) is 3.28. The van der Waals surface area contributed by atoms with Crippen LogP contribution in [-0.2, 0) is 22.8 Å². The van der Waals surface area contributed by atoms with E-state index in [-0.39, 0.29) is 10.8 Å². The summed E-state index contributed by atoms with van der Waals surface area (Å²) in [6, 6.07) is 22.2. The molecule has 11 nitrogen and oxygen atoms in total. The smallest absolute Gasteiger partial charge is 0.353 e. The van der Waals surface area contributed by atoms with Crippen LogP contribution < -0.4 is 5.32 Å². The van der Waals surface area contributed by atoms with Gasteiger partial charge < -0.3 is 9.80 Å². The van der Waals surface area contributed by atoms with Crippen molar-refractivity contribution in [3.8, 4) is 34.1 Å². The minimum atomic E-state index is -4.55. The Morgan fingerprint density at radius 3 is 2.47 bits per heavy atom. The number of nitriles is 1. The molecule has 0 fully saturated rings. The molecule has 0 atom stereocenters. The summed E-state index contributed by atoms with van der Waals surface area (Å²) in [5, 5.41) is 21.6. The van der Waals surface area contributed by atoms with Gasteiger partial charge in [0.15, 0.2) is 5.65 Å². The second-order valence-electron chi connectivity index (χ2n) is 12.8. The fourth-order valence-corrected chi connectivity index (χ4v) is 6.87. The number of aromatic nitrogens is 5. The van der Waals surface area contributed by atoms with E-state index in [0.717, 1.165) is 12.1 Å². The molecule has 0 aliphatic carbocycles. The van der Waals surface area contributed by atoms with Crippen molar-refractivity contribution in [3.05, 3.63) is 114 Å². The molecule has 0 unspecified atom stereocenters. The molecule has 3 aromatic heterocycles. The summed E-state index contributed by atoms with van der Waals surface area (Å²) in [5.74, 6) is 0.280. The molecule has 0 bridgehead atoms. The predicted molar refractivity (Wildman–Crippen MR) is 185 cm³/mol. The number of hydrogen-bond acceptors (Lipinski definition) is 7. The highest BCUT2D eigenvalue weighted by atomic mass is 32.2. The molecular weight excluding hydrogens is 682 g/mol. The Hall–Kier alpha value is -5.56.